The van der Waals surface area contributed by atoms with Crippen molar-refractivity contribution in [1.82, 2.24) is 9.80 Å². The maximum absolute atomic E-state index is 14.4. The number of amides is 1. The summed E-state index contributed by atoms with van der Waals surface area (Å²) in [6.07, 6.45) is 17.2. The van der Waals surface area contributed by atoms with Crippen LogP contribution in [0, 0.1) is 17.8 Å². The largest absolute Gasteiger partial charge is 0.483 e. The maximum Gasteiger partial charge on any atom is 0.308 e. The highest BCUT2D eigenvalue weighted by Crippen LogP contribution is 2.64. The number of aryl methyl sites for hydroxylation is 1. The summed E-state index contributed by atoms with van der Waals surface area (Å²) in [4.78, 5) is 31.6. The van der Waals surface area contributed by atoms with Crippen LogP contribution in [0.25, 0.3) is 0 Å². The van der Waals surface area contributed by atoms with Crippen LogP contribution in [0.2, 0.25) is 0 Å². The highest BCUT2D eigenvalue weighted by atomic mass is 16.6. The predicted octanol–water partition coefficient (Wildman–Crippen LogP) is 7.00. The zero-order valence-electron chi connectivity index (χ0n) is 29.5. The summed E-state index contributed by atoms with van der Waals surface area (Å²) in [5.74, 6) is 2.88. The van der Waals surface area contributed by atoms with Crippen molar-refractivity contribution in [3.05, 3.63) is 59.2 Å². The lowest BCUT2D eigenvalue weighted by molar-refractivity contribution is -0.143. The third-order valence-electron chi connectivity index (χ3n) is 13.4. The van der Waals surface area contributed by atoms with Gasteiger partial charge in [0.25, 0.3) is 0 Å². The number of rotatable bonds is 13. The fraction of sp³-hybridized carbons (Fsp3) is 0.667. The average Bonchev–Trinajstić information content (AvgIpc) is 3.69. The Hall–Kier alpha value is -2.90. The normalized spacial score (nSPS) is 31.5. The first kappa shape index (κ1) is 33.3. The first-order valence-electron chi connectivity index (χ1n) is 19.7. The van der Waals surface area contributed by atoms with Gasteiger partial charge in [0.1, 0.15) is 6.10 Å². The number of aliphatic hydroxyl groups is 1. The van der Waals surface area contributed by atoms with Gasteiger partial charge in [0.15, 0.2) is 11.5 Å². The second-order valence-corrected chi connectivity index (χ2v) is 16.4. The molecule has 4 fully saturated rings. The molecule has 7 atom stereocenters. The van der Waals surface area contributed by atoms with Gasteiger partial charge in [-0.15, -0.1) is 0 Å². The lowest BCUT2D eigenvalue weighted by Crippen LogP contribution is -2.69. The van der Waals surface area contributed by atoms with E-state index in [0.29, 0.717) is 30.0 Å². The van der Waals surface area contributed by atoms with E-state index in [1.54, 1.807) is 0 Å². The quantitative estimate of drug-likeness (QED) is 0.141. The monoisotopic (exact) mass is 668 g/mol. The highest BCUT2D eigenvalue weighted by Gasteiger charge is 2.67. The Kier molecular flexibility index (Phi) is 9.51. The molecule has 7 heteroatoms. The third kappa shape index (κ3) is 6.44. The smallest absolute Gasteiger partial charge is 0.308 e. The molecule has 1 saturated heterocycles. The number of piperidine rings is 1. The number of hydrogen-bond donors (Lipinski definition) is 1. The third-order valence-corrected chi connectivity index (χ3v) is 13.4. The molecule has 264 valence electrons. The van der Waals surface area contributed by atoms with Crippen molar-refractivity contribution in [2.75, 3.05) is 19.6 Å². The summed E-state index contributed by atoms with van der Waals surface area (Å²) >= 11 is 0. The predicted molar refractivity (Wildman–Crippen MR) is 190 cm³/mol. The fourth-order valence-electron chi connectivity index (χ4n) is 11.0. The average molecular weight is 669 g/mol. The van der Waals surface area contributed by atoms with E-state index in [0.717, 1.165) is 89.1 Å². The van der Waals surface area contributed by atoms with E-state index < -0.39 is 0 Å². The van der Waals surface area contributed by atoms with Gasteiger partial charge in [-0.1, -0.05) is 81.3 Å². The molecule has 2 heterocycles. The van der Waals surface area contributed by atoms with E-state index in [-0.39, 0.29) is 35.5 Å². The fourth-order valence-corrected chi connectivity index (χ4v) is 11.0. The molecule has 2 aromatic carbocycles. The van der Waals surface area contributed by atoms with Crippen LogP contribution < -0.4 is 9.47 Å². The lowest BCUT2D eigenvalue weighted by atomic mass is 9.51. The summed E-state index contributed by atoms with van der Waals surface area (Å²) in [5.41, 5.74) is 3.68. The molecule has 3 saturated carbocycles. The van der Waals surface area contributed by atoms with Crippen molar-refractivity contribution in [2.24, 2.45) is 17.8 Å². The van der Waals surface area contributed by atoms with E-state index in [1.807, 2.05) is 6.07 Å². The molecule has 49 heavy (non-hydrogen) atoms. The number of benzene rings is 2. The molecule has 2 unspecified atom stereocenters. The van der Waals surface area contributed by atoms with Crippen LogP contribution in [-0.2, 0) is 27.8 Å². The second-order valence-electron chi connectivity index (χ2n) is 16.4. The molecule has 8 rings (SSSR count). The van der Waals surface area contributed by atoms with Gasteiger partial charge in [-0.3, -0.25) is 14.5 Å². The Morgan fingerprint density at radius 3 is 2.61 bits per heavy atom. The van der Waals surface area contributed by atoms with Crippen LogP contribution in [-0.4, -0.2) is 70.7 Å². The van der Waals surface area contributed by atoms with Crippen molar-refractivity contribution in [2.45, 2.75) is 139 Å². The van der Waals surface area contributed by atoms with E-state index in [9.17, 15) is 14.7 Å². The number of nitrogens with zero attached hydrogens (tertiary/aromatic N) is 2. The molecule has 1 spiro atoms. The summed E-state index contributed by atoms with van der Waals surface area (Å²) in [7, 11) is 0. The Balaban J connectivity index is 1.07. The minimum atomic E-state index is -0.335. The molecule has 2 aliphatic heterocycles. The Labute approximate surface area is 292 Å². The van der Waals surface area contributed by atoms with Crippen molar-refractivity contribution < 1.29 is 24.2 Å². The zero-order chi connectivity index (χ0) is 33.5. The minimum Gasteiger partial charge on any atom is -0.483 e. The Morgan fingerprint density at radius 2 is 1.84 bits per heavy atom. The number of unbranched alkanes of at least 4 members (excludes halogenated alkanes) is 1. The van der Waals surface area contributed by atoms with Crippen LogP contribution in [0.5, 0.6) is 11.5 Å². The van der Waals surface area contributed by atoms with Crippen molar-refractivity contribution in [1.29, 1.82) is 0 Å². The number of hydrogen-bond acceptors (Lipinski definition) is 6. The first-order chi connectivity index (χ1) is 23.9. The second kappa shape index (κ2) is 14.0. The molecule has 6 aliphatic rings. The zero-order valence-corrected chi connectivity index (χ0v) is 29.5. The van der Waals surface area contributed by atoms with Crippen molar-refractivity contribution in [3.63, 3.8) is 0 Å². The van der Waals surface area contributed by atoms with Crippen LogP contribution in [0.4, 0.5) is 0 Å². The number of carbonyl (C=O) groups excluding carboxylic acids is 2. The van der Waals surface area contributed by atoms with Gasteiger partial charge in [0.2, 0.25) is 5.91 Å². The van der Waals surface area contributed by atoms with E-state index >= 15 is 0 Å². The Bertz CT molecular complexity index is 1510. The van der Waals surface area contributed by atoms with Crippen LogP contribution in [0.15, 0.2) is 42.5 Å². The lowest BCUT2D eigenvalue weighted by Gasteiger charge is -2.60. The molecule has 7 nitrogen and oxygen atoms in total. The van der Waals surface area contributed by atoms with Gasteiger partial charge < -0.3 is 19.5 Å². The van der Waals surface area contributed by atoms with Gasteiger partial charge in [-0.05, 0) is 86.9 Å². The molecule has 0 radical (unpaired) electrons. The molecule has 4 aliphatic carbocycles. The number of esters is 1. The van der Waals surface area contributed by atoms with Gasteiger partial charge >= 0.3 is 5.97 Å². The van der Waals surface area contributed by atoms with Crippen molar-refractivity contribution >= 4 is 11.9 Å². The Morgan fingerprint density at radius 1 is 1.02 bits per heavy atom. The topological polar surface area (TPSA) is 79.3 Å². The standard InChI is InChI=1S/C42H56N2O5/c1-28(45)48-37-21-18-31-25-35-33-19-20-34(41-42(33,39(31)40(37)49-41)22-24-43(35)27-32-26-36(32)46)44(23-10-16-30-13-6-3-7-14-30)38(47)17-9-8-15-29-11-4-2-5-12-29/h3,6-7,13-14,18,21,29,32-36,41,46H,2,4-5,8-12,15-17,19-20,22-27H2,1H3/t32?,33-,34-,35+,36?,41-,42-/m0/s1. The molecular weight excluding hydrogens is 612 g/mol. The maximum atomic E-state index is 14.4. The van der Waals surface area contributed by atoms with E-state index in [2.05, 4.69) is 46.2 Å². The van der Waals surface area contributed by atoms with Gasteiger partial charge in [-0.2, -0.15) is 0 Å². The minimum absolute atomic E-state index is 0.0150. The van der Waals surface area contributed by atoms with Crippen LogP contribution in [0.1, 0.15) is 114 Å². The molecule has 2 bridgehead atoms. The van der Waals surface area contributed by atoms with E-state index in [1.165, 1.54) is 62.1 Å². The molecule has 0 aromatic heterocycles. The van der Waals surface area contributed by atoms with Gasteiger partial charge in [0.05, 0.1) is 12.1 Å². The number of carbonyl (C=O) groups is 2. The molecule has 1 N–H and O–H groups in total. The summed E-state index contributed by atoms with van der Waals surface area (Å²) in [6, 6.07) is 15.1. The summed E-state index contributed by atoms with van der Waals surface area (Å²) < 4.78 is 12.9. The number of ether oxygens (including phenoxy) is 2. The first-order valence-corrected chi connectivity index (χ1v) is 19.7. The number of aliphatic hydroxyl groups excluding tert-OH is 1. The molecule has 2 aromatic rings. The van der Waals surface area contributed by atoms with Crippen LogP contribution >= 0.6 is 0 Å². The van der Waals surface area contributed by atoms with Gasteiger partial charge in [-0.25, -0.2) is 0 Å². The van der Waals surface area contributed by atoms with Gasteiger partial charge in [0, 0.05) is 49.4 Å². The van der Waals surface area contributed by atoms with Crippen LogP contribution in [0.3, 0.4) is 0 Å². The highest BCUT2D eigenvalue weighted by molar-refractivity contribution is 5.77. The van der Waals surface area contributed by atoms with E-state index in [4.69, 9.17) is 9.47 Å². The molecule has 1 amide bonds. The summed E-state index contributed by atoms with van der Waals surface area (Å²) in [6.45, 7) is 4.12. The number of likely N-dealkylation sites (tertiary alicyclic amines) is 1. The van der Waals surface area contributed by atoms with Crippen molar-refractivity contribution in [3.8, 4) is 11.5 Å². The summed E-state index contributed by atoms with van der Waals surface area (Å²) in [5, 5.41) is 10.2. The SMILES string of the molecule is CC(=O)Oc1ccc2c3c1O[C@H]1[C@@H](N(CCCc4ccccc4)C(=O)CCCCC4CCCCC4)CC[C@H]4[C@@H](C2)N(CC2CC2O)CC[C@@]341. The molecular formula is C42H56N2O5.